The second-order valence-electron chi connectivity index (χ2n) is 5.83. The van der Waals surface area contributed by atoms with Crippen LogP contribution in [0.3, 0.4) is 0 Å². The number of hydrogen-bond acceptors (Lipinski definition) is 5. The van der Waals surface area contributed by atoms with Gasteiger partial charge >= 0.3 is 0 Å². The van der Waals surface area contributed by atoms with Gasteiger partial charge in [-0.25, -0.2) is 0 Å². The predicted molar refractivity (Wildman–Crippen MR) is 91.3 cm³/mol. The largest absolute Gasteiger partial charge is 0.507 e. The number of hydrogen-bond donors (Lipinski definition) is 3. The monoisotopic (exact) mass is 308 g/mol. The van der Waals surface area contributed by atoms with Gasteiger partial charge in [0.15, 0.2) is 0 Å². The number of aromatic hydroxyl groups is 1. The maximum absolute atomic E-state index is 10.1. The van der Waals surface area contributed by atoms with Crippen LogP contribution in [0.1, 0.15) is 24.0 Å². The number of benzene rings is 1. The molecule has 5 nitrogen and oxygen atoms in total. The lowest BCUT2D eigenvalue weighted by Crippen LogP contribution is -2.38. The third kappa shape index (κ3) is 3.43. The van der Waals surface area contributed by atoms with Crippen molar-refractivity contribution in [3.63, 3.8) is 0 Å². The van der Waals surface area contributed by atoms with Crippen LogP contribution in [0, 0.1) is 19.3 Å². The van der Waals surface area contributed by atoms with Crippen molar-refractivity contribution in [2.24, 2.45) is 0 Å². The van der Waals surface area contributed by atoms with E-state index in [0.717, 1.165) is 37.3 Å². The Balaban J connectivity index is 1.83. The van der Waals surface area contributed by atoms with Crippen LogP contribution in [-0.2, 0) is 0 Å². The van der Waals surface area contributed by atoms with Crippen LogP contribution in [0.25, 0.3) is 11.3 Å². The molecule has 2 heterocycles. The van der Waals surface area contributed by atoms with Crippen LogP contribution in [0.5, 0.6) is 5.75 Å². The molecule has 5 heteroatoms. The minimum atomic E-state index is 0.120. The smallest absolute Gasteiger partial charge is 0.149 e. The summed E-state index contributed by atoms with van der Waals surface area (Å²) in [5, 5.41) is 25.5. The third-order valence-corrected chi connectivity index (χ3v) is 4.05. The molecule has 0 unspecified atom stereocenters. The maximum atomic E-state index is 10.1. The summed E-state index contributed by atoms with van der Waals surface area (Å²) in [6.07, 6.45) is 7.64. The van der Waals surface area contributed by atoms with Gasteiger partial charge in [0.2, 0.25) is 0 Å². The van der Waals surface area contributed by atoms with Gasteiger partial charge in [0.05, 0.1) is 5.69 Å². The van der Waals surface area contributed by atoms with Crippen molar-refractivity contribution in [2.45, 2.75) is 25.8 Å². The summed E-state index contributed by atoms with van der Waals surface area (Å²) in [6, 6.07) is 7.48. The first-order chi connectivity index (χ1) is 11.2. The molecule has 1 aliphatic heterocycles. The summed E-state index contributed by atoms with van der Waals surface area (Å²) in [4.78, 5) is 0. The van der Waals surface area contributed by atoms with E-state index in [9.17, 15) is 5.11 Å². The van der Waals surface area contributed by atoms with E-state index >= 15 is 0 Å². The van der Waals surface area contributed by atoms with E-state index in [-0.39, 0.29) is 5.75 Å². The second-order valence-corrected chi connectivity index (χ2v) is 5.83. The van der Waals surface area contributed by atoms with Gasteiger partial charge in [-0.2, -0.15) is 0 Å². The molecule has 3 N–H and O–H groups in total. The van der Waals surface area contributed by atoms with Crippen LogP contribution in [-0.4, -0.2) is 34.4 Å². The molecule has 0 bridgehead atoms. The summed E-state index contributed by atoms with van der Waals surface area (Å²) in [5.41, 5.74) is 2.90. The number of aryl methyl sites for hydroxylation is 1. The number of terminal acetylenes is 1. The Bertz CT molecular complexity index is 745. The van der Waals surface area contributed by atoms with Gasteiger partial charge in [-0.1, -0.05) is 5.92 Å². The first-order valence-electron chi connectivity index (χ1n) is 7.79. The molecule has 1 aromatic carbocycles. The van der Waals surface area contributed by atoms with E-state index in [4.69, 9.17) is 6.42 Å². The number of piperidine rings is 1. The Morgan fingerprint density at radius 2 is 2.22 bits per heavy atom. The Morgan fingerprint density at radius 1 is 1.35 bits per heavy atom. The molecule has 1 atom stereocenters. The van der Waals surface area contributed by atoms with Crippen LogP contribution < -0.4 is 10.6 Å². The summed E-state index contributed by atoms with van der Waals surface area (Å²) >= 11 is 0. The van der Waals surface area contributed by atoms with E-state index in [1.165, 1.54) is 0 Å². The lowest BCUT2D eigenvalue weighted by Gasteiger charge is -2.24. The summed E-state index contributed by atoms with van der Waals surface area (Å²) in [5.74, 6) is 3.39. The standard InChI is InChI=1S/C18H20N4O/c1-3-13-6-7-15(16(23)10-13)18-12(2)9-17(21-22-18)20-14-5-4-8-19-11-14/h1,6-7,9-10,14,19,23H,4-5,8,11H2,2H3,(H,20,21)/t14-/m1/s1. The first-order valence-corrected chi connectivity index (χ1v) is 7.79. The van der Waals surface area contributed by atoms with E-state index < -0.39 is 0 Å². The number of aromatic nitrogens is 2. The maximum Gasteiger partial charge on any atom is 0.149 e. The molecule has 1 aliphatic rings. The minimum Gasteiger partial charge on any atom is -0.507 e. The molecule has 0 amide bonds. The topological polar surface area (TPSA) is 70.1 Å². The van der Waals surface area contributed by atoms with E-state index in [1.807, 2.05) is 13.0 Å². The third-order valence-electron chi connectivity index (χ3n) is 4.05. The lowest BCUT2D eigenvalue weighted by molar-refractivity contribution is 0.476. The zero-order valence-electron chi connectivity index (χ0n) is 13.1. The SMILES string of the molecule is C#Cc1ccc(-c2nnc(N[C@@H]3CCCNC3)cc2C)c(O)c1. The summed E-state index contributed by atoms with van der Waals surface area (Å²) in [7, 11) is 0. The van der Waals surface area contributed by atoms with Gasteiger partial charge in [0.1, 0.15) is 11.6 Å². The Kier molecular flexibility index (Phi) is 4.45. The van der Waals surface area contributed by atoms with Crippen molar-refractivity contribution in [2.75, 3.05) is 18.4 Å². The number of nitrogens with zero attached hydrogens (tertiary/aromatic N) is 2. The molecule has 2 aromatic rings. The average Bonchev–Trinajstić information content (AvgIpc) is 2.56. The van der Waals surface area contributed by atoms with Gasteiger partial charge < -0.3 is 15.7 Å². The van der Waals surface area contributed by atoms with Crippen molar-refractivity contribution in [3.05, 3.63) is 35.4 Å². The molecule has 0 radical (unpaired) electrons. The van der Waals surface area contributed by atoms with Crippen LogP contribution in [0.2, 0.25) is 0 Å². The number of phenolic OH excluding ortho intramolecular Hbond substituents is 1. The molecule has 118 valence electrons. The van der Waals surface area contributed by atoms with E-state index in [1.54, 1.807) is 18.2 Å². The molecule has 1 saturated heterocycles. The Labute approximate surface area is 136 Å². The highest BCUT2D eigenvalue weighted by Crippen LogP contribution is 2.31. The quantitative estimate of drug-likeness (QED) is 0.759. The van der Waals surface area contributed by atoms with Crippen LogP contribution in [0.15, 0.2) is 24.3 Å². The number of phenols is 1. The number of rotatable bonds is 3. The molecule has 0 saturated carbocycles. The molecule has 0 spiro atoms. The zero-order chi connectivity index (χ0) is 16.2. The van der Waals surface area contributed by atoms with Crippen molar-refractivity contribution < 1.29 is 5.11 Å². The minimum absolute atomic E-state index is 0.120. The first kappa shape index (κ1) is 15.3. The zero-order valence-corrected chi connectivity index (χ0v) is 13.1. The molecule has 23 heavy (non-hydrogen) atoms. The summed E-state index contributed by atoms with van der Waals surface area (Å²) < 4.78 is 0. The van der Waals surface area contributed by atoms with Gasteiger partial charge in [0.25, 0.3) is 0 Å². The van der Waals surface area contributed by atoms with Crippen molar-refractivity contribution in [1.29, 1.82) is 0 Å². The highest BCUT2D eigenvalue weighted by atomic mass is 16.3. The van der Waals surface area contributed by atoms with E-state index in [0.29, 0.717) is 22.9 Å². The van der Waals surface area contributed by atoms with Crippen molar-refractivity contribution in [3.8, 4) is 29.4 Å². The van der Waals surface area contributed by atoms with Crippen LogP contribution >= 0.6 is 0 Å². The molecule has 3 rings (SSSR count). The predicted octanol–water partition coefficient (Wildman–Crippen LogP) is 2.30. The fraction of sp³-hybridized carbons (Fsp3) is 0.333. The molecule has 1 aromatic heterocycles. The van der Waals surface area contributed by atoms with E-state index in [2.05, 4.69) is 26.8 Å². The number of nitrogens with one attached hydrogen (secondary N) is 2. The lowest BCUT2D eigenvalue weighted by atomic mass is 10.0. The fourth-order valence-electron chi connectivity index (χ4n) is 2.83. The molecule has 1 fully saturated rings. The average molecular weight is 308 g/mol. The van der Waals surface area contributed by atoms with Gasteiger partial charge in [-0.3, -0.25) is 0 Å². The Hall–Kier alpha value is -2.58. The van der Waals surface area contributed by atoms with Gasteiger partial charge in [0, 0.05) is 23.7 Å². The van der Waals surface area contributed by atoms with Crippen molar-refractivity contribution >= 4 is 5.82 Å². The van der Waals surface area contributed by atoms with Gasteiger partial charge in [-0.05, 0) is 56.1 Å². The highest BCUT2D eigenvalue weighted by molar-refractivity contribution is 5.71. The molecular formula is C18H20N4O. The van der Waals surface area contributed by atoms with Gasteiger partial charge in [-0.15, -0.1) is 16.6 Å². The van der Waals surface area contributed by atoms with Crippen molar-refractivity contribution in [1.82, 2.24) is 15.5 Å². The molecular weight excluding hydrogens is 288 g/mol. The second kappa shape index (κ2) is 6.67. The van der Waals surface area contributed by atoms with Crippen LogP contribution in [0.4, 0.5) is 5.82 Å². The Morgan fingerprint density at radius 3 is 2.87 bits per heavy atom. The summed E-state index contributed by atoms with van der Waals surface area (Å²) in [6.45, 7) is 3.98. The normalized spacial score (nSPS) is 17.5. The number of anilines is 1. The highest BCUT2D eigenvalue weighted by Gasteiger charge is 2.15. The fourth-order valence-corrected chi connectivity index (χ4v) is 2.83. The molecule has 0 aliphatic carbocycles.